The minimum atomic E-state index is -0.803. The van der Waals surface area contributed by atoms with Gasteiger partial charge in [-0.15, -0.1) is 0 Å². The quantitative estimate of drug-likeness (QED) is 0.653. The maximum Gasteiger partial charge on any atom is 0.315 e. The molecule has 0 aromatic heterocycles. The second kappa shape index (κ2) is 3.96. The first kappa shape index (κ1) is 11.2. The Morgan fingerprint density at radius 1 is 1.44 bits per heavy atom. The van der Waals surface area contributed by atoms with E-state index in [-0.39, 0.29) is 18.6 Å². The molecule has 2 fully saturated rings. The molecule has 3 N–H and O–H groups in total. The highest BCUT2D eigenvalue weighted by atomic mass is 16.4. The van der Waals surface area contributed by atoms with Gasteiger partial charge in [-0.25, -0.2) is 4.79 Å². The molecule has 2 saturated carbocycles. The van der Waals surface area contributed by atoms with Crippen LogP contribution in [0.5, 0.6) is 0 Å². The van der Waals surface area contributed by atoms with Gasteiger partial charge in [-0.2, -0.15) is 0 Å². The molecular formula is C11H18N2O3. The molecule has 0 aliphatic heterocycles. The van der Waals surface area contributed by atoms with Crippen LogP contribution in [0.1, 0.15) is 32.6 Å². The smallest absolute Gasteiger partial charge is 0.315 e. The summed E-state index contributed by atoms with van der Waals surface area (Å²) < 4.78 is 0. The van der Waals surface area contributed by atoms with E-state index in [1.165, 1.54) is 12.8 Å². The number of hydrogen-bond donors (Lipinski definition) is 3. The van der Waals surface area contributed by atoms with Crippen LogP contribution in [0, 0.1) is 11.3 Å². The lowest BCUT2D eigenvalue weighted by atomic mass is 10.1. The standard InChI is InChI=1S/C11H18N2O3/c1-7(8-2-3-8)13-10(16)12-6-11(4-5-11)9(14)15/h7-8H,2-6H2,1H3,(H,14,15)(H2,12,13,16). The number of carbonyl (C=O) groups is 2. The number of nitrogens with one attached hydrogen (secondary N) is 2. The number of urea groups is 1. The summed E-state index contributed by atoms with van der Waals surface area (Å²) in [6.07, 6.45) is 3.70. The van der Waals surface area contributed by atoms with Gasteiger partial charge in [0.1, 0.15) is 0 Å². The minimum absolute atomic E-state index is 0.194. The number of hydrogen-bond acceptors (Lipinski definition) is 2. The average molecular weight is 226 g/mol. The normalized spacial score (nSPS) is 23.3. The molecule has 16 heavy (non-hydrogen) atoms. The molecule has 0 bridgehead atoms. The highest BCUT2D eigenvalue weighted by molar-refractivity contribution is 5.80. The third-order valence-electron chi connectivity index (χ3n) is 3.58. The molecule has 5 heteroatoms. The zero-order valence-electron chi connectivity index (χ0n) is 9.45. The van der Waals surface area contributed by atoms with Gasteiger partial charge in [-0.05, 0) is 38.5 Å². The van der Waals surface area contributed by atoms with Gasteiger partial charge < -0.3 is 15.7 Å². The molecule has 0 aromatic carbocycles. The lowest BCUT2D eigenvalue weighted by Gasteiger charge is -2.15. The molecule has 0 spiro atoms. The molecule has 0 saturated heterocycles. The van der Waals surface area contributed by atoms with E-state index in [9.17, 15) is 9.59 Å². The lowest BCUT2D eigenvalue weighted by Crippen LogP contribution is -2.44. The van der Waals surface area contributed by atoms with Gasteiger partial charge in [0.05, 0.1) is 5.41 Å². The number of amides is 2. The van der Waals surface area contributed by atoms with Crippen molar-refractivity contribution in [1.29, 1.82) is 0 Å². The third-order valence-corrected chi connectivity index (χ3v) is 3.58. The van der Waals surface area contributed by atoms with E-state index in [0.717, 1.165) is 0 Å². The molecule has 2 rings (SSSR count). The first-order valence-corrected chi connectivity index (χ1v) is 5.81. The summed E-state index contributed by atoms with van der Waals surface area (Å²) >= 11 is 0. The van der Waals surface area contributed by atoms with Crippen molar-refractivity contribution in [3.05, 3.63) is 0 Å². The van der Waals surface area contributed by atoms with Gasteiger partial charge in [-0.1, -0.05) is 0 Å². The summed E-state index contributed by atoms with van der Waals surface area (Å²) in [4.78, 5) is 22.3. The van der Waals surface area contributed by atoms with Crippen molar-refractivity contribution in [2.24, 2.45) is 11.3 Å². The van der Waals surface area contributed by atoms with E-state index in [4.69, 9.17) is 5.11 Å². The Morgan fingerprint density at radius 3 is 2.50 bits per heavy atom. The average Bonchev–Trinajstić information content (AvgIpc) is 3.08. The second-order valence-electron chi connectivity index (χ2n) is 5.04. The monoisotopic (exact) mass is 226 g/mol. The molecule has 5 nitrogen and oxygen atoms in total. The first-order chi connectivity index (χ1) is 7.53. The van der Waals surface area contributed by atoms with Crippen LogP contribution in [-0.2, 0) is 4.79 Å². The maximum absolute atomic E-state index is 11.5. The van der Waals surface area contributed by atoms with Crippen LogP contribution in [0.15, 0.2) is 0 Å². The molecule has 2 amide bonds. The Hall–Kier alpha value is -1.26. The Morgan fingerprint density at radius 2 is 2.06 bits per heavy atom. The fraction of sp³-hybridized carbons (Fsp3) is 0.818. The van der Waals surface area contributed by atoms with E-state index in [2.05, 4.69) is 10.6 Å². The van der Waals surface area contributed by atoms with Gasteiger partial charge in [-0.3, -0.25) is 4.79 Å². The van der Waals surface area contributed by atoms with E-state index in [0.29, 0.717) is 18.8 Å². The van der Waals surface area contributed by atoms with Gasteiger partial charge in [0, 0.05) is 12.6 Å². The topological polar surface area (TPSA) is 78.4 Å². The van der Waals surface area contributed by atoms with E-state index in [1.54, 1.807) is 0 Å². The predicted octanol–water partition coefficient (Wildman–Crippen LogP) is 0.949. The molecule has 1 atom stereocenters. The Bertz CT molecular complexity index is 308. The summed E-state index contributed by atoms with van der Waals surface area (Å²) in [5.41, 5.74) is -0.680. The SMILES string of the molecule is CC(NC(=O)NCC1(C(=O)O)CC1)C1CC1. The summed E-state index contributed by atoms with van der Waals surface area (Å²) in [5.74, 6) is -0.192. The molecule has 2 aliphatic carbocycles. The van der Waals surface area contributed by atoms with Gasteiger partial charge in [0.15, 0.2) is 0 Å². The first-order valence-electron chi connectivity index (χ1n) is 5.81. The largest absolute Gasteiger partial charge is 0.481 e. The fourth-order valence-electron chi connectivity index (χ4n) is 1.84. The van der Waals surface area contributed by atoms with Crippen LogP contribution in [0.4, 0.5) is 4.79 Å². The van der Waals surface area contributed by atoms with Crippen LogP contribution < -0.4 is 10.6 Å². The Kier molecular flexibility index (Phi) is 2.78. The molecular weight excluding hydrogens is 208 g/mol. The van der Waals surface area contributed by atoms with Crippen molar-refractivity contribution in [2.45, 2.75) is 38.6 Å². The van der Waals surface area contributed by atoms with Crippen molar-refractivity contribution in [1.82, 2.24) is 10.6 Å². The Labute approximate surface area is 94.6 Å². The van der Waals surface area contributed by atoms with Gasteiger partial charge in [0.25, 0.3) is 0 Å². The molecule has 90 valence electrons. The second-order valence-corrected chi connectivity index (χ2v) is 5.04. The minimum Gasteiger partial charge on any atom is -0.481 e. The zero-order chi connectivity index (χ0) is 11.8. The van der Waals surface area contributed by atoms with Crippen LogP contribution in [-0.4, -0.2) is 29.7 Å². The number of carboxylic acids is 1. The fourth-order valence-corrected chi connectivity index (χ4v) is 1.84. The van der Waals surface area contributed by atoms with Gasteiger partial charge >= 0.3 is 12.0 Å². The van der Waals surface area contributed by atoms with Crippen LogP contribution in [0.3, 0.4) is 0 Å². The number of carboxylic acid groups (broad SMARTS) is 1. The number of rotatable bonds is 5. The van der Waals surface area contributed by atoms with Crippen molar-refractivity contribution < 1.29 is 14.7 Å². The third kappa shape index (κ3) is 2.46. The van der Waals surface area contributed by atoms with Crippen molar-refractivity contribution in [3.63, 3.8) is 0 Å². The van der Waals surface area contributed by atoms with Crippen molar-refractivity contribution in [2.75, 3.05) is 6.54 Å². The molecule has 0 heterocycles. The van der Waals surface area contributed by atoms with E-state index >= 15 is 0 Å². The summed E-state index contributed by atoms with van der Waals surface area (Å²) in [6.45, 7) is 2.23. The molecule has 0 radical (unpaired) electrons. The number of carbonyl (C=O) groups excluding carboxylic acids is 1. The highest BCUT2D eigenvalue weighted by Crippen LogP contribution is 2.45. The predicted molar refractivity (Wildman–Crippen MR) is 58.0 cm³/mol. The molecule has 1 unspecified atom stereocenters. The molecule has 0 aromatic rings. The zero-order valence-corrected chi connectivity index (χ0v) is 9.45. The molecule has 2 aliphatic rings. The summed E-state index contributed by atoms with van der Waals surface area (Å²) in [5, 5.41) is 14.4. The van der Waals surface area contributed by atoms with E-state index in [1.807, 2.05) is 6.92 Å². The lowest BCUT2D eigenvalue weighted by molar-refractivity contribution is -0.143. The van der Waals surface area contributed by atoms with Crippen molar-refractivity contribution in [3.8, 4) is 0 Å². The summed E-state index contributed by atoms with van der Waals surface area (Å²) in [7, 11) is 0. The van der Waals surface area contributed by atoms with Crippen LogP contribution in [0.25, 0.3) is 0 Å². The van der Waals surface area contributed by atoms with Crippen LogP contribution in [0.2, 0.25) is 0 Å². The Balaban J connectivity index is 1.69. The van der Waals surface area contributed by atoms with Crippen LogP contribution >= 0.6 is 0 Å². The summed E-state index contributed by atoms with van der Waals surface area (Å²) in [6, 6.07) is -0.0492. The van der Waals surface area contributed by atoms with Crippen molar-refractivity contribution >= 4 is 12.0 Å². The highest BCUT2D eigenvalue weighted by Gasteiger charge is 2.50. The maximum atomic E-state index is 11.5. The van der Waals surface area contributed by atoms with Gasteiger partial charge in [0.2, 0.25) is 0 Å². The van der Waals surface area contributed by atoms with E-state index < -0.39 is 11.4 Å². The number of aliphatic carboxylic acids is 1.